The highest BCUT2D eigenvalue weighted by Crippen LogP contribution is 2.26. The van der Waals surface area contributed by atoms with Gasteiger partial charge in [0.15, 0.2) is 0 Å². The predicted octanol–water partition coefficient (Wildman–Crippen LogP) is 4.33. The van der Waals surface area contributed by atoms with Crippen LogP contribution in [0.15, 0.2) is 18.2 Å². The van der Waals surface area contributed by atoms with Crippen LogP contribution in [0.2, 0.25) is 10.0 Å². The van der Waals surface area contributed by atoms with Crippen molar-refractivity contribution in [3.05, 3.63) is 33.8 Å². The van der Waals surface area contributed by atoms with Gasteiger partial charge in [-0.25, -0.2) is 0 Å². The van der Waals surface area contributed by atoms with Crippen molar-refractivity contribution in [3.8, 4) is 0 Å². The van der Waals surface area contributed by atoms with E-state index in [1.165, 1.54) is 0 Å². The minimum Gasteiger partial charge on any atom is -0.381 e. The van der Waals surface area contributed by atoms with E-state index in [1.54, 1.807) is 0 Å². The van der Waals surface area contributed by atoms with Gasteiger partial charge in [0.05, 0.1) is 10.0 Å². The van der Waals surface area contributed by atoms with Gasteiger partial charge in [-0.15, -0.1) is 0 Å². The fourth-order valence-electron chi connectivity index (χ4n) is 2.01. The van der Waals surface area contributed by atoms with E-state index in [4.69, 9.17) is 27.9 Å². The molecule has 0 saturated heterocycles. The minimum atomic E-state index is 0.373. The first-order valence-corrected chi connectivity index (χ1v) is 7.68. The summed E-state index contributed by atoms with van der Waals surface area (Å²) in [7, 11) is 0. The Morgan fingerprint density at radius 3 is 2.68 bits per heavy atom. The molecule has 0 radical (unpaired) electrons. The third-order valence-corrected chi connectivity index (χ3v) is 3.81. The number of rotatable bonds is 9. The van der Waals surface area contributed by atoms with Gasteiger partial charge in [-0.1, -0.05) is 49.2 Å². The van der Waals surface area contributed by atoms with Gasteiger partial charge in [0.1, 0.15) is 0 Å². The van der Waals surface area contributed by atoms with E-state index in [9.17, 15) is 0 Å². The van der Waals surface area contributed by atoms with Crippen LogP contribution in [-0.4, -0.2) is 25.8 Å². The lowest BCUT2D eigenvalue weighted by atomic mass is 10.0. The zero-order chi connectivity index (χ0) is 14.1. The Hall–Kier alpha value is -0.280. The normalized spacial score (nSPS) is 12.6. The smallest absolute Gasteiger partial charge is 0.0624 e. The Balaban J connectivity index is 2.54. The summed E-state index contributed by atoms with van der Waals surface area (Å²) < 4.78 is 5.55. The quantitative estimate of drug-likeness (QED) is 0.686. The number of benzene rings is 1. The summed E-state index contributed by atoms with van der Waals surface area (Å²) in [5, 5.41) is 4.76. The Kier molecular flexibility index (Phi) is 8.47. The molecule has 1 atom stereocenters. The topological polar surface area (TPSA) is 21.3 Å². The van der Waals surface area contributed by atoms with Gasteiger partial charge in [-0.05, 0) is 37.4 Å². The number of hydrogen-bond donors (Lipinski definition) is 1. The van der Waals surface area contributed by atoms with Crippen LogP contribution in [0.3, 0.4) is 0 Å². The average molecular weight is 304 g/mol. The van der Waals surface area contributed by atoms with Crippen LogP contribution < -0.4 is 5.32 Å². The molecule has 0 saturated carbocycles. The van der Waals surface area contributed by atoms with Crippen molar-refractivity contribution in [2.75, 3.05) is 19.8 Å². The molecule has 0 aliphatic rings. The molecule has 1 N–H and O–H groups in total. The standard InChI is InChI=1S/C15H23Cl2NO/c1-3-9-19-10-8-13(18-4-2)11-12-6-5-7-14(16)15(12)17/h5-7,13,18H,3-4,8-11H2,1-2H3. The SMILES string of the molecule is CCCOCCC(Cc1cccc(Cl)c1Cl)NCC. The number of nitrogens with one attached hydrogen (secondary N) is 1. The van der Waals surface area contributed by atoms with E-state index in [0.29, 0.717) is 16.1 Å². The van der Waals surface area contributed by atoms with Crippen LogP contribution in [0.1, 0.15) is 32.3 Å². The summed E-state index contributed by atoms with van der Waals surface area (Å²) in [5.41, 5.74) is 1.09. The summed E-state index contributed by atoms with van der Waals surface area (Å²) in [6, 6.07) is 6.17. The molecule has 2 nitrogen and oxygen atoms in total. The van der Waals surface area contributed by atoms with E-state index in [0.717, 1.165) is 44.6 Å². The molecule has 108 valence electrons. The molecule has 4 heteroatoms. The van der Waals surface area contributed by atoms with E-state index in [1.807, 2.05) is 18.2 Å². The molecule has 1 aromatic carbocycles. The monoisotopic (exact) mass is 303 g/mol. The van der Waals surface area contributed by atoms with E-state index in [2.05, 4.69) is 19.2 Å². The van der Waals surface area contributed by atoms with Gasteiger partial charge in [0.2, 0.25) is 0 Å². The molecule has 19 heavy (non-hydrogen) atoms. The fraction of sp³-hybridized carbons (Fsp3) is 0.600. The summed E-state index contributed by atoms with van der Waals surface area (Å²) in [5.74, 6) is 0. The second-order valence-electron chi connectivity index (χ2n) is 4.57. The lowest BCUT2D eigenvalue weighted by molar-refractivity contribution is 0.124. The van der Waals surface area contributed by atoms with Crippen LogP contribution in [-0.2, 0) is 11.2 Å². The maximum atomic E-state index is 6.23. The van der Waals surface area contributed by atoms with Gasteiger partial charge in [0, 0.05) is 19.3 Å². The number of hydrogen-bond acceptors (Lipinski definition) is 2. The summed E-state index contributed by atoms with van der Waals surface area (Å²) >= 11 is 12.3. The highest BCUT2D eigenvalue weighted by Gasteiger charge is 2.12. The van der Waals surface area contributed by atoms with Crippen molar-refractivity contribution in [3.63, 3.8) is 0 Å². The third-order valence-electron chi connectivity index (χ3n) is 2.95. The van der Waals surface area contributed by atoms with Gasteiger partial charge < -0.3 is 10.1 Å². The van der Waals surface area contributed by atoms with Crippen LogP contribution in [0.4, 0.5) is 0 Å². The molecule has 1 rings (SSSR count). The molecule has 0 amide bonds. The van der Waals surface area contributed by atoms with Gasteiger partial charge in [-0.2, -0.15) is 0 Å². The van der Waals surface area contributed by atoms with Crippen molar-refractivity contribution >= 4 is 23.2 Å². The van der Waals surface area contributed by atoms with Gasteiger partial charge >= 0.3 is 0 Å². The molecular weight excluding hydrogens is 281 g/mol. The summed E-state index contributed by atoms with van der Waals surface area (Å²) in [6.07, 6.45) is 2.92. The fourth-order valence-corrected chi connectivity index (χ4v) is 2.41. The summed E-state index contributed by atoms with van der Waals surface area (Å²) in [6.45, 7) is 6.78. The van der Waals surface area contributed by atoms with Crippen molar-refractivity contribution in [1.82, 2.24) is 5.32 Å². The lowest BCUT2D eigenvalue weighted by Crippen LogP contribution is -2.32. The molecule has 1 unspecified atom stereocenters. The Bertz CT molecular complexity index is 371. The maximum absolute atomic E-state index is 6.23. The molecule has 0 heterocycles. The first kappa shape index (κ1) is 16.8. The molecule has 0 aliphatic heterocycles. The summed E-state index contributed by atoms with van der Waals surface area (Å²) in [4.78, 5) is 0. The molecule has 1 aromatic rings. The molecule has 0 bridgehead atoms. The molecule has 0 aromatic heterocycles. The Morgan fingerprint density at radius 2 is 2.00 bits per heavy atom. The molecule has 0 fully saturated rings. The van der Waals surface area contributed by atoms with Gasteiger partial charge in [0.25, 0.3) is 0 Å². The lowest BCUT2D eigenvalue weighted by Gasteiger charge is -2.19. The van der Waals surface area contributed by atoms with Crippen LogP contribution >= 0.6 is 23.2 Å². The van der Waals surface area contributed by atoms with E-state index >= 15 is 0 Å². The Morgan fingerprint density at radius 1 is 1.21 bits per heavy atom. The van der Waals surface area contributed by atoms with Crippen molar-refractivity contribution in [1.29, 1.82) is 0 Å². The highest BCUT2D eigenvalue weighted by atomic mass is 35.5. The number of ether oxygens (including phenoxy) is 1. The predicted molar refractivity (Wildman–Crippen MR) is 83.4 cm³/mol. The van der Waals surface area contributed by atoms with E-state index in [-0.39, 0.29) is 0 Å². The minimum absolute atomic E-state index is 0.373. The zero-order valence-corrected chi connectivity index (χ0v) is 13.2. The number of halogens is 2. The molecule has 0 spiro atoms. The second kappa shape index (κ2) is 9.60. The Labute approximate surface area is 126 Å². The third kappa shape index (κ3) is 6.13. The maximum Gasteiger partial charge on any atom is 0.0624 e. The first-order valence-electron chi connectivity index (χ1n) is 6.93. The molecule has 0 aliphatic carbocycles. The van der Waals surface area contributed by atoms with Crippen molar-refractivity contribution in [2.45, 2.75) is 39.2 Å². The molecular formula is C15H23Cl2NO. The zero-order valence-electron chi connectivity index (χ0n) is 11.7. The van der Waals surface area contributed by atoms with Crippen molar-refractivity contribution < 1.29 is 4.74 Å². The van der Waals surface area contributed by atoms with Gasteiger partial charge in [-0.3, -0.25) is 0 Å². The highest BCUT2D eigenvalue weighted by molar-refractivity contribution is 6.42. The van der Waals surface area contributed by atoms with E-state index < -0.39 is 0 Å². The average Bonchev–Trinajstić information content (AvgIpc) is 2.40. The van der Waals surface area contributed by atoms with Crippen molar-refractivity contribution in [2.24, 2.45) is 0 Å². The van der Waals surface area contributed by atoms with Crippen LogP contribution in [0, 0.1) is 0 Å². The van der Waals surface area contributed by atoms with Crippen LogP contribution in [0.25, 0.3) is 0 Å². The first-order chi connectivity index (χ1) is 9.19. The number of likely N-dealkylation sites (N-methyl/N-ethyl adjacent to an activating group) is 1. The largest absolute Gasteiger partial charge is 0.381 e. The van der Waals surface area contributed by atoms with Crippen LogP contribution in [0.5, 0.6) is 0 Å². The second-order valence-corrected chi connectivity index (χ2v) is 5.36.